The summed E-state index contributed by atoms with van der Waals surface area (Å²) in [4.78, 5) is 9.59. The number of hydrogen-bond acceptors (Lipinski definition) is 5. The fourth-order valence-corrected chi connectivity index (χ4v) is 2.93. The molecule has 0 amide bonds. The molecule has 0 saturated heterocycles. The predicted molar refractivity (Wildman–Crippen MR) is 80.1 cm³/mol. The average molecular weight is 322 g/mol. The van der Waals surface area contributed by atoms with Crippen molar-refractivity contribution in [1.29, 1.82) is 0 Å². The molecule has 2 rings (SSSR count). The highest BCUT2D eigenvalue weighted by Crippen LogP contribution is 2.27. The zero-order valence-corrected chi connectivity index (χ0v) is 12.3. The van der Waals surface area contributed by atoms with Gasteiger partial charge >= 0.3 is 5.69 Å². The van der Waals surface area contributed by atoms with Crippen molar-refractivity contribution >= 4 is 15.7 Å². The average Bonchev–Trinajstić information content (AvgIpc) is 2.47. The summed E-state index contributed by atoms with van der Waals surface area (Å²) in [6.45, 7) is 0.185. The van der Waals surface area contributed by atoms with Crippen LogP contribution in [0.2, 0.25) is 0 Å². The molecule has 0 aromatic heterocycles. The van der Waals surface area contributed by atoms with E-state index in [1.54, 1.807) is 0 Å². The molecule has 116 valence electrons. The van der Waals surface area contributed by atoms with Crippen molar-refractivity contribution in [3.8, 4) is 5.75 Å². The lowest BCUT2D eigenvalue weighted by Crippen LogP contribution is -2.26. The van der Waals surface area contributed by atoms with Gasteiger partial charge in [-0.25, -0.2) is 13.1 Å². The van der Waals surface area contributed by atoms with Crippen LogP contribution in [0.15, 0.2) is 53.4 Å². The molecule has 0 fully saturated rings. The first kappa shape index (κ1) is 15.9. The number of phenolic OH excluding ortho intramolecular Hbond substituents is 1. The van der Waals surface area contributed by atoms with Crippen LogP contribution in [0.5, 0.6) is 5.75 Å². The highest BCUT2D eigenvalue weighted by atomic mass is 32.2. The fraction of sp³-hybridized carbons (Fsp3) is 0.143. The molecule has 8 heteroatoms. The minimum Gasteiger partial charge on any atom is -0.502 e. The Kier molecular flexibility index (Phi) is 4.74. The second-order valence-corrected chi connectivity index (χ2v) is 6.31. The van der Waals surface area contributed by atoms with E-state index in [0.717, 1.165) is 23.8 Å². The number of rotatable bonds is 6. The molecular weight excluding hydrogens is 308 g/mol. The molecule has 2 N–H and O–H groups in total. The van der Waals surface area contributed by atoms with Crippen LogP contribution in [0.25, 0.3) is 0 Å². The molecular formula is C14H14N2O5S. The molecule has 0 saturated carbocycles. The van der Waals surface area contributed by atoms with Crippen LogP contribution < -0.4 is 4.72 Å². The second kappa shape index (κ2) is 6.54. The normalized spacial score (nSPS) is 11.3. The SMILES string of the molecule is O=[N+]([O-])c1ccc(S(=O)(=O)NCCc2ccccc2)cc1O. The lowest BCUT2D eigenvalue weighted by molar-refractivity contribution is -0.385. The Labute approximate surface area is 127 Å². The Balaban J connectivity index is 2.07. The number of nitrogens with one attached hydrogen (secondary N) is 1. The number of aromatic hydroxyl groups is 1. The number of benzene rings is 2. The summed E-state index contributed by atoms with van der Waals surface area (Å²) >= 11 is 0. The molecule has 0 aliphatic rings. The van der Waals surface area contributed by atoms with Crippen LogP contribution in [0.1, 0.15) is 5.56 Å². The standard InChI is InChI=1S/C14H14N2O5S/c17-14-10-12(6-7-13(14)16(18)19)22(20,21)15-9-8-11-4-2-1-3-5-11/h1-7,10,15,17H,8-9H2. The van der Waals surface area contributed by atoms with Crippen LogP contribution in [-0.2, 0) is 16.4 Å². The molecule has 0 radical (unpaired) electrons. The molecule has 2 aromatic carbocycles. The van der Waals surface area contributed by atoms with Gasteiger partial charge in [0.05, 0.1) is 9.82 Å². The van der Waals surface area contributed by atoms with Crippen molar-refractivity contribution in [3.63, 3.8) is 0 Å². The summed E-state index contributed by atoms with van der Waals surface area (Å²) in [5, 5.41) is 20.1. The van der Waals surface area contributed by atoms with Crippen molar-refractivity contribution in [3.05, 3.63) is 64.2 Å². The molecule has 0 aliphatic heterocycles. The smallest absolute Gasteiger partial charge is 0.310 e. The largest absolute Gasteiger partial charge is 0.502 e. The molecule has 22 heavy (non-hydrogen) atoms. The van der Waals surface area contributed by atoms with Gasteiger partial charge in [0.2, 0.25) is 10.0 Å². The molecule has 0 aliphatic carbocycles. The van der Waals surface area contributed by atoms with E-state index in [-0.39, 0.29) is 11.4 Å². The third-order valence-corrected chi connectivity index (χ3v) is 4.46. The maximum Gasteiger partial charge on any atom is 0.310 e. The summed E-state index contributed by atoms with van der Waals surface area (Å²) in [7, 11) is -3.83. The quantitative estimate of drug-likeness (QED) is 0.623. The fourth-order valence-electron chi connectivity index (χ4n) is 1.88. The van der Waals surface area contributed by atoms with Gasteiger partial charge in [-0.1, -0.05) is 30.3 Å². The number of hydrogen-bond donors (Lipinski definition) is 2. The third kappa shape index (κ3) is 3.80. The van der Waals surface area contributed by atoms with Gasteiger partial charge in [-0.15, -0.1) is 0 Å². The maximum atomic E-state index is 12.1. The van der Waals surface area contributed by atoms with E-state index >= 15 is 0 Å². The topological polar surface area (TPSA) is 110 Å². The first-order valence-electron chi connectivity index (χ1n) is 6.41. The van der Waals surface area contributed by atoms with Crippen molar-refractivity contribution in [1.82, 2.24) is 4.72 Å². The molecule has 0 heterocycles. The van der Waals surface area contributed by atoms with Gasteiger partial charge in [0.15, 0.2) is 5.75 Å². The van der Waals surface area contributed by atoms with Crippen LogP contribution >= 0.6 is 0 Å². The molecule has 0 atom stereocenters. The van der Waals surface area contributed by atoms with E-state index in [2.05, 4.69) is 4.72 Å². The Hall–Kier alpha value is -2.45. The summed E-state index contributed by atoms with van der Waals surface area (Å²) in [5.41, 5.74) is 0.444. The highest BCUT2D eigenvalue weighted by Gasteiger charge is 2.19. The molecule has 2 aromatic rings. The van der Waals surface area contributed by atoms with E-state index in [1.165, 1.54) is 0 Å². The van der Waals surface area contributed by atoms with Gasteiger partial charge in [-0.05, 0) is 18.1 Å². The van der Waals surface area contributed by atoms with Crippen molar-refractivity contribution in [2.75, 3.05) is 6.54 Å². The Morgan fingerprint density at radius 1 is 1.14 bits per heavy atom. The van der Waals surface area contributed by atoms with Gasteiger partial charge in [0.1, 0.15) is 0 Å². The van der Waals surface area contributed by atoms with Gasteiger partial charge in [-0.3, -0.25) is 10.1 Å². The summed E-state index contributed by atoms with van der Waals surface area (Å²) in [6, 6.07) is 12.3. The monoisotopic (exact) mass is 322 g/mol. The summed E-state index contributed by atoms with van der Waals surface area (Å²) in [6.07, 6.45) is 0.513. The lowest BCUT2D eigenvalue weighted by atomic mass is 10.2. The first-order chi connectivity index (χ1) is 10.4. The van der Waals surface area contributed by atoms with Gasteiger partial charge in [-0.2, -0.15) is 0 Å². The van der Waals surface area contributed by atoms with Crippen LogP contribution in [-0.4, -0.2) is 25.0 Å². The van der Waals surface area contributed by atoms with Crippen LogP contribution in [0.4, 0.5) is 5.69 Å². The zero-order chi connectivity index (χ0) is 16.2. The third-order valence-electron chi connectivity index (χ3n) is 3.00. The Bertz CT molecular complexity index is 775. The Morgan fingerprint density at radius 2 is 1.82 bits per heavy atom. The number of nitro benzene ring substituents is 1. The second-order valence-electron chi connectivity index (χ2n) is 4.54. The molecule has 0 unspecified atom stereocenters. The minimum atomic E-state index is -3.83. The molecule has 7 nitrogen and oxygen atoms in total. The van der Waals surface area contributed by atoms with Crippen molar-refractivity contribution in [2.24, 2.45) is 0 Å². The number of nitrogens with zero attached hydrogens (tertiary/aromatic N) is 1. The summed E-state index contributed by atoms with van der Waals surface area (Å²) < 4.78 is 26.5. The van der Waals surface area contributed by atoms with E-state index in [4.69, 9.17) is 0 Å². The minimum absolute atomic E-state index is 0.185. The molecule has 0 bridgehead atoms. The number of nitro groups is 1. The van der Waals surface area contributed by atoms with Gasteiger partial charge in [0, 0.05) is 18.7 Å². The number of phenols is 1. The van der Waals surface area contributed by atoms with Gasteiger partial charge < -0.3 is 5.11 Å². The van der Waals surface area contributed by atoms with Crippen LogP contribution in [0, 0.1) is 10.1 Å². The van der Waals surface area contributed by atoms with Gasteiger partial charge in [0.25, 0.3) is 0 Å². The highest BCUT2D eigenvalue weighted by molar-refractivity contribution is 7.89. The van der Waals surface area contributed by atoms with Crippen LogP contribution in [0.3, 0.4) is 0 Å². The zero-order valence-electron chi connectivity index (χ0n) is 11.5. The first-order valence-corrected chi connectivity index (χ1v) is 7.89. The maximum absolute atomic E-state index is 12.1. The molecule has 0 spiro atoms. The Morgan fingerprint density at radius 3 is 2.41 bits per heavy atom. The summed E-state index contributed by atoms with van der Waals surface area (Å²) in [5.74, 6) is -0.684. The van der Waals surface area contributed by atoms with Crippen molar-refractivity contribution in [2.45, 2.75) is 11.3 Å². The van der Waals surface area contributed by atoms with E-state index in [9.17, 15) is 23.6 Å². The van der Waals surface area contributed by atoms with E-state index in [0.29, 0.717) is 6.42 Å². The lowest BCUT2D eigenvalue weighted by Gasteiger charge is -2.07. The van der Waals surface area contributed by atoms with E-state index < -0.39 is 26.4 Å². The number of sulfonamides is 1. The van der Waals surface area contributed by atoms with Crippen molar-refractivity contribution < 1.29 is 18.4 Å². The van der Waals surface area contributed by atoms with E-state index in [1.807, 2.05) is 30.3 Å². The predicted octanol–water partition coefficient (Wildman–Crippen LogP) is 1.82.